The molecular formula is C12H12BrClFNO. The number of benzene rings is 1. The number of carbonyl (C=O) groups excluding carboxylic acids is 1. The van der Waals surface area contributed by atoms with E-state index in [1.807, 2.05) is 0 Å². The van der Waals surface area contributed by atoms with Crippen molar-refractivity contribution in [2.24, 2.45) is 5.92 Å². The van der Waals surface area contributed by atoms with Crippen molar-refractivity contribution in [2.75, 3.05) is 5.32 Å². The van der Waals surface area contributed by atoms with Crippen molar-refractivity contribution in [1.29, 1.82) is 0 Å². The Balaban J connectivity index is 2.15. The minimum atomic E-state index is -0.430. The van der Waals surface area contributed by atoms with Crippen LogP contribution in [0.1, 0.15) is 25.7 Å². The fourth-order valence-electron chi connectivity index (χ4n) is 2.07. The summed E-state index contributed by atoms with van der Waals surface area (Å²) in [5.74, 6) is -0.402. The maximum atomic E-state index is 13.0. The standard InChI is InChI=1S/C12H12BrClFNO/c13-9-5-8(15)6-10(14)11(9)16-12(17)7-3-1-2-4-7/h5-7H,1-4H2,(H,16,17). The molecule has 0 unspecified atom stereocenters. The fraction of sp³-hybridized carbons (Fsp3) is 0.417. The molecule has 1 N–H and O–H groups in total. The van der Waals surface area contributed by atoms with E-state index in [1.165, 1.54) is 12.1 Å². The lowest BCUT2D eigenvalue weighted by Gasteiger charge is -2.13. The molecule has 1 amide bonds. The van der Waals surface area contributed by atoms with Crippen molar-refractivity contribution in [1.82, 2.24) is 0 Å². The molecule has 0 saturated heterocycles. The average Bonchev–Trinajstić information content (AvgIpc) is 2.76. The average molecular weight is 321 g/mol. The van der Waals surface area contributed by atoms with Gasteiger partial charge in [-0.25, -0.2) is 4.39 Å². The van der Waals surface area contributed by atoms with E-state index >= 15 is 0 Å². The van der Waals surface area contributed by atoms with Gasteiger partial charge < -0.3 is 5.32 Å². The zero-order chi connectivity index (χ0) is 12.4. The summed E-state index contributed by atoms with van der Waals surface area (Å²) in [6, 6.07) is 2.48. The monoisotopic (exact) mass is 319 g/mol. The molecule has 17 heavy (non-hydrogen) atoms. The molecule has 0 spiro atoms. The molecule has 0 heterocycles. The van der Waals surface area contributed by atoms with Crippen LogP contribution in [0.2, 0.25) is 5.02 Å². The highest BCUT2D eigenvalue weighted by molar-refractivity contribution is 9.10. The van der Waals surface area contributed by atoms with E-state index in [1.54, 1.807) is 0 Å². The van der Waals surface area contributed by atoms with E-state index in [-0.39, 0.29) is 16.8 Å². The summed E-state index contributed by atoms with van der Waals surface area (Å²) in [4.78, 5) is 11.9. The first kappa shape index (κ1) is 12.8. The number of anilines is 1. The summed E-state index contributed by atoms with van der Waals surface area (Å²) < 4.78 is 13.5. The number of hydrogen-bond donors (Lipinski definition) is 1. The topological polar surface area (TPSA) is 29.1 Å². The lowest BCUT2D eigenvalue weighted by atomic mass is 10.1. The highest BCUT2D eigenvalue weighted by atomic mass is 79.9. The third kappa shape index (κ3) is 2.99. The molecule has 1 aliphatic carbocycles. The molecule has 0 atom stereocenters. The Hall–Kier alpha value is -0.610. The Morgan fingerprint density at radius 3 is 2.65 bits per heavy atom. The molecule has 1 aromatic rings. The number of hydrogen-bond acceptors (Lipinski definition) is 1. The van der Waals surface area contributed by atoms with Crippen LogP contribution in [-0.4, -0.2) is 5.91 Å². The van der Waals surface area contributed by atoms with Crippen LogP contribution in [0.3, 0.4) is 0 Å². The van der Waals surface area contributed by atoms with Gasteiger partial charge in [0.2, 0.25) is 5.91 Å². The SMILES string of the molecule is O=C(Nc1c(Cl)cc(F)cc1Br)C1CCCC1. The Bertz CT molecular complexity index is 423. The zero-order valence-corrected chi connectivity index (χ0v) is 11.4. The second-order valence-electron chi connectivity index (χ2n) is 4.22. The van der Waals surface area contributed by atoms with Gasteiger partial charge in [0.1, 0.15) is 5.82 Å². The van der Waals surface area contributed by atoms with Crippen LogP contribution in [0.15, 0.2) is 16.6 Å². The van der Waals surface area contributed by atoms with Gasteiger partial charge in [-0.15, -0.1) is 0 Å². The molecule has 1 saturated carbocycles. The van der Waals surface area contributed by atoms with Gasteiger partial charge in [-0.3, -0.25) is 4.79 Å². The third-order valence-electron chi connectivity index (χ3n) is 2.98. The quantitative estimate of drug-likeness (QED) is 0.861. The maximum absolute atomic E-state index is 13.0. The lowest BCUT2D eigenvalue weighted by molar-refractivity contribution is -0.119. The normalized spacial score (nSPS) is 16.2. The highest BCUT2D eigenvalue weighted by Gasteiger charge is 2.23. The van der Waals surface area contributed by atoms with Crippen LogP contribution in [0.5, 0.6) is 0 Å². The molecule has 0 aromatic heterocycles. The Kier molecular flexibility index (Phi) is 4.05. The predicted octanol–water partition coefficient (Wildman–Crippen LogP) is 4.37. The van der Waals surface area contributed by atoms with Crippen LogP contribution in [0, 0.1) is 11.7 Å². The van der Waals surface area contributed by atoms with E-state index in [2.05, 4.69) is 21.2 Å². The number of rotatable bonds is 2. The molecule has 5 heteroatoms. The van der Waals surface area contributed by atoms with Crippen molar-refractivity contribution in [3.05, 3.63) is 27.4 Å². The number of amides is 1. The van der Waals surface area contributed by atoms with Gasteiger partial charge in [-0.05, 0) is 40.9 Å². The molecular weight excluding hydrogens is 308 g/mol. The van der Waals surface area contributed by atoms with E-state index in [0.717, 1.165) is 25.7 Å². The number of nitrogens with one attached hydrogen (secondary N) is 1. The first-order valence-electron chi connectivity index (χ1n) is 5.53. The molecule has 0 bridgehead atoms. The van der Waals surface area contributed by atoms with Gasteiger partial charge in [-0.1, -0.05) is 24.4 Å². The summed E-state index contributed by atoms with van der Waals surface area (Å²) in [7, 11) is 0. The van der Waals surface area contributed by atoms with E-state index in [9.17, 15) is 9.18 Å². The largest absolute Gasteiger partial charge is 0.324 e. The van der Waals surface area contributed by atoms with Crippen LogP contribution < -0.4 is 5.32 Å². The maximum Gasteiger partial charge on any atom is 0.227 e. The van der Waals surface area contributed by atoms with Crippen LogP contribution >= 0.6 is 27.5 Å². The molecule has 2 nitrogen and oxygen atoms in total. The van der Waals surface area contributed by atoms with Crippen molar-refractivity contribution >= 4 is 39.1 Å². The minimum absolute atomic E-state index is 0.0308. The summed E-state index contributed by atoms with van der Waals surface area (Å²) in [5.41, 5.74) is 0.449. The Labute approximate surface area is 113 Å². The van der Waals surface area contributed by atoms with Crippen molar-refractivity contribution in [3.8, 4) is 0 Å². The van der Waals surface area contributed by atoms with E-state index in [0.29, 0.717) is 10.2 Å². The van der Waals surface area contributed by atoms with Crippen LogP contribution in [0.4, 0.5) is 10.1 Å². The Morgan fingerprint density at radius 1 is 1.41 bits per heavy atom. The molecule has 1 fully saturated rings. The minimum Gasteiger partial charge on any atom is -0.324 e. The van der Waals surface area contributed by atoms with Crippen molar-refractivity contribution in [3.63, 3.8) is 0 Å². The molecule has 92 valence electrons. The zero-order valence-electron chi connectivity index (χ0n) is 9.10. The van der Waals surface area contributed by atoms with Crippen molar-refractivity contribution in [2.45, 2.75) is 25.7 Å². The number of carbonyl (C=O) groups is 1. The molecule has 1 aromatic carbocycles. The molecule has 0 radical (unpaired) electrons. The summed E-state index contributed by atoms with van der Waals surface area (Å²) in [6.07, 6.45) is 4.03. The Morgan fingerprint density at radius 2 is 2.06 bits per heavy atom. The predicted molar refractivity (Wildman–Crippen MR) is 69.7 cm³/mol. The number of halogens is 3. The second-order valence-corrected chi connectivity index (χ2v) is 5.48. The summed E-state index contributed by atoms with van der Waals surface area (Å²) in [6.45, 7) is 0. The first-order valence-corrected chi connectivity index (χ1v) is 6.70. The summed E-state index contributed by atoms with van der Waals surface area (Å²) >= 11 is 9.10. The highest BCUT2D eigenvalue weighted by Crippen LogP contribution is 2.33. The van der Waals surface area contributed by atoms with Gasteiger partial charge in [0.05, 0.1) is 10.7 Å². The molecule has 2 rings (SSSR count). The van der Waals surface area contributed by atoms with Gasteiger partial charge in [0.15, 0.2) is 0 Å². The summed E-state index contributed by atoms with van der Waals surface area (Å²) in [5, 5.41) is 2.97. The van der Waals surface area contributed by atoms with Gasteiger partial charge in [-0.2, -0.15) is 0 Å². The van der Waals surface area contributed by atoms with Gasteiger partial charge in [0.25, 0.3) is 0 Å². The van der Waals surface area contributed by atoms with Crippen molar-refractivity contribution < 1.29 is 9.18 Å². The van der Waals surface area contributed by atoms with E-state index < -0.39 is 5.82 Å². The van der Waals surface area contributed by atoms with Gasteiger partial charge in [0, 0.05) is 10.4 Å². The van der Waals surface area contributed by atoms with Gasteiger partial charge >= 0.3 is 0 Å². The smallest absolute Gasteiger partial charge is 0.227 e. The van der Waals surface area contributed by atoms with Crippen LogP contribution in [-0.2, 0) is 4.79 Å². The fourth-order valence-corrected chi connectivity index (χ4v) is 2.97. The second kappa shape index (κ2) is 5.36. The first-order chi connectivity index (χ1) is 8.08. The third-order valence-corrected chi connectivity index (χ3v) is 3.90. The van der Waals surface area contributed by atoms with E-state index in [4.69, 9.17) is 11.6 Å². The molecule has 0 aliphatic heterocycles. The molecule has 1 aliphatic rings. The lowest BCUT2D eigenvalue weighted by Crippen LogP contribution is -2.20. The van der Waals surface area contributed by atoms with Crippen LogP contribution in [0.25, 0.3) is 0 Å².